The summed E-state index contributed by atoms with van der Waals surface area (Å²) in [6, 6.07) is 10.3. The Morgan fingerprint density at radius 1 is 1.16 bits per heavy atom. The highest BCUT2D eigenvalue weighted by Gasteiger charge is 2.36. The highest BCUT2D eigenvalue weighted by Crippen LogP contribution is 2.19. The monoisotopic (exact) mass is 346 g/mol. The van der Waals surface area contributed by atoms with E-state index in [9.17, 15) is 9.90 Å². The van der Waals surface area contributed by atoms with Crippen molar-refractivity contribution in [3.05, 3.63) is 35.9 Å². The average Bonchev–Trinajstić information content (AvgIpc) is 3.03. The molecule has 0 aliphatic carbocycles. The molecule has 3 rings (SSSR count). The second-order valence-corrected chi connectivity index (χ2v) is 7.41. The van der Waals surface area contributed by atoms with Crippen molar-refractivity contribution < 1.29 is 14.6 Å². The Morgan fingerprint density at radius 3 is 2.68 bits per heavy atom. The van der Waals surface area contributed by atoms with Crippen LogP contribution in [-0.4, -0.2) is 72.4 Å². The van der Waals surface area contributed by atoms with E-state index < -0.39 is 5.60 Å². The number of amides is 1. The number of hydrogen-bond donors (Lipinski definition) is 1. The zero-order valence-electron chi connectivity index (χ0n) is 15.0. The molecule has 5 heteroatoms. The topological polar surface area (TPSA) is 53.0 Å². The van der Waals surface area contributed by atoms with Gasteiger partial charge in [0, 0.05) is 19.5 Å². The molecule has 2 heterocycles. The summed E-state index contributed by atoms with van der Waals surface area (Å²) in [7, 11) is 0. The molecule has 2 saturated heterocycles. The number of hydrogen-bond acceptors (Lipinski definition) is 4. The summed E-state index contributed by atoms with van der Waals surface area (Å²) in [5.41, 5.74) is 0.315. The second kappa shape index (κ2) is 8.79. The molecule has 1 aromatic rings. The van der Waals surface area contributed by atoms with Crippen molar-refractivity contribution in [1.29, 1.82) is 0 Å². The number of benzene rings is 1. The fraction of sp³-hybridized carbons (Fsp3) is 0.650. The average molecular weight is 346 g/mol. The van der Waals surface area contributed by atoms with Gasteiger partial charge < -0.3 is 19.6 Å². The lowest BCUT2D eigenvalue weighted by atomic mass is 10.0. The van der Waals surface area contributed by atoms with Gasteiger partial charge in [-0.05, 0) is 44.3 Å². The van der Waals surface area contributed by atoms with Crippen LogP contribution in [0.3, 0.4) is 0 Å². The maximum Gasteiger partial charge on any atom is 0.222 e. The first-order valence-electron chi connectivity index (χ1n) is 9.49. The number of carbonyl (C=O) groups is 1. The Labute approximate surface area is 150 Å². The van der Waals surface area contributed by atoms with Gasteiger partial charge in [0.1, 0.15) is 5.60 Å². The Bertz CT molecular complexity index is 545. The van der Waals surface area contributed by atoms with Gasteiger partial charge in [-0.25, -0.2) is 0 Å². The summed E-state index contributed by atoms with van der Waals surface area (Å²) in [4.78, 5) is 16.7. The molecule has 138 valence electrons. The predicted molar refractivity (Wildman–Crippen MR) is 97.4 cm³/mol. The predicted octanol–water partition coefficient (Wildman–Crippen LogP) is 1.70. The molecule has 0 spiro atoms. The lowest BCUT2D eigenvalue weighted by molar-refractivity contribution is -0.134. The van der Waals surface area contributed by atoms with Gasteiger partial charge in [-0.3, -0.25) is 4.79 Å². The largest absolute Gasteiger partial charge is 0.384 e. The highest BCUT2D eigenvalue weighted by atomic mass is 16.5. The van der Waals surface area contributed by atoms with Gasteiger partial charge in [-0.1, -0.05) is 30.3 Å². The van der Waals surface area contributed by atoms with E-state index in [1.807, 2.05) is 18.2 Å². The number of aliphatic hydroxyl groups is 1. The number of aryl methyl sites for hydroxylation is 1. The maximum atomic E-state index is 12.6. The molecular formula is C20H30N2O3. The van der Waals surface area contributed by atoms with Gasteiger partial charge >= 0.3 is 0 Å². The van der Waals surface area contributed by atoms with Crippen LogP contribution in [0, 0.1) is 0 Å². The van der Waals surface area contributed by atoms with E-state index in [-0.39, 0.29) is 5.91 Å². The van der Waals surface area contributed by atoms with Gasteiger partial charge in [0.05, 0.1) is 19.8 Å². The molecule has 0 bridgehead atoms. The first kappa shape index (κ1) is 18.4. The molecule has 2 aliphatic heterocycles. The zero-order chi connectivity index (χ0) is 17.5. The Hall–Kier alpha value is -1.43. The van der Waals surface area contributed by atoms with Gasteiger partial charge in [0.15, 0.2) is 0 Å². The third-order valence-corrected chi connectivity index (χ3v) is 5.13. The van der Waals surface area contributed by atoms with Crippen LogP contribution in [0.1, 0.15) is 31.2 Å². The van der Waals surface area contributed by atoms with E-state index in [0.717, 1.165) is 25.9 Å². The minimum absolute atomic E-state index is 0.126. The van der Waals surface area contributed by atoms with Crippen molar-refractivity contribution in [2.75, 3.05) is 45.9 Å². The molecule has 25 heavy (non-hydrogen) atoms. The summed E-state index contributed by atoms with van der Waals surface area (Å²) in [5, 5.41) is 11.0. The highest BCUT2D eigenvalue weighted by molar-refractivity contribution is 5.76. The Kier molecular flexibility index (Phi) is 6.45. The van der Waals surface area contributed by atoms with E-state index in [1.165, 1.54) is 18.4 Å². The van der Waals surface area contributed by atoms with E-state index in [4.69, 9.17) is 4.74 Å². The fourth-order valence-corrected chi connectivity index (χ4v) is 3.83. The van der Waals surface area contributed by atoms with Crippen LogP contribution >= 0.6 is 0 Å². The molecule has 1 atom stereocenters. The maximum absolute atomic E-state index is 12.6. The van der Waals surface area contributed by atoms with E-state index in [2.05, 4.69) is 17.0 Å². The number of nitrogens with zero attached hydrogens (tertiary/aromatic N) is 2. The zero-order valence-corrected chi connectivity index (χ0v) is 15.0. The molecule has 1 aromatic carbocycles. The van der Waals surface area contributed by atoms with Crippen LogP contribution < -0.4 is 0 Å². The molecule has 0 unspecified atom stereocenters. The first-order chi connectivity index (χ1) is 12.1. The number of rotatable bonds is 6. The van der Waals surface area contributed by atoms with Crippen LogP contribution in [0.4, 0.5) is 0 Å². The van der Waals surface area contributed by atoms with Crippen molar-refractivity contribution in [2.24, 2.45) is 0 Å². The number of ether oxygens (including phenoxy) is 1. The number of β-amino-alcohol motifs (C(OH)–C–C–N with tert-alkyl or cyclic N) is 1. The number of carbonyl (C=O) groups excluding carboxylic acids is 1. The van der Waals surface area contributed by atoms with Gasteiger partial charge in [0.25, 0.3) is 0 Å². The van der Waals surface area contributed by atoms with Gasteiger partial charge in [0.2, 0.25) is 5.91 Å². The van der Waals surface area contributed by atoms with Crippen molar-refractivity contribution in [3.63, 3.8) is 0 Å². The quantitative estimate of drug-likeness (QED) is 0.852. The minimum atomic E-state index is -0.948. The van der Waals surface area contributed by atoms with E-state index >= 15 is 0 Å². The second-order valence-electron chi connectivity index (χ2n) is 7.41. The third-order valence-electron chi connectivity index (χ3n) is 5.13. The van der Waals surface area contributed by atoms with Crippen LogP contribution in [0.25, 0.3) is 0 Å². The molecular weight excluding hydrogens is 316 g/mol. The van der Waals surface area contributed by atoms with Gasteiger partial charge in [-0.2, -0.15) is 0 Å². The first-order valence-corrected chi connectivity index (χ1v) is 9.49. The molecule has 1 N–H and O–H groups in total. The summed E-state index contributed by atoms with van der Waals surface area (Å²) < 4.78 is 5.60. The molecule has 2 aliphatic rings. The molecule has 0 radical (unpaired) electrons. The van der Waals surface area contributed by atoms with Crippen LogP contribution in [0.5, 0.6) is 0 Å². The minimum Gasteiger partial charge on any atom is -0.384 e. The van der Waals surface area contributed by atoms with Crippen molar-refractivity contribution in [1.82, 2.24) is 9.80 Å². The summed E-state index contributed by atoms with van der Waals surface area (Å²) in [6.07, 6.45) is 4.66. The molecule has 5 nitrogen and oxygen atoms in total. The smallest absolute Gasteiger partial charge is 0.222 e. The third kappa shape index (κ3) is 5.53. The molecule has 0 aromatic heterocycles. The fourth-order valence-electron chi connectivity index (χ4n) is 3.83. The number of likely N-dealkylation sites (tertiary alicyclic amines) is 1. The Morgan fingerprint density at radius 2 is 1.92 bits per heavy atom. The van der Waals surface area contributed by atoms with Crippen molar-refractivity contribution >= 4 is 5.91 Å². The SMILES string of the molecule is O=C(CCCc1ccccc1)N1CCOC[C@@](O)(CN2CCCC2)C1. The van der Waals surface area contributed by atoms with Crippen LogP contribution in [0.2, 0.25) is 0 Å². The van der Waals surface area contributed by atoms with E-state index in [0.29, 0.717) is 39.3 Å². The summed E-state index contributed by atoms with van der Waals surface area (Å²) in [5.74, 6) is 0.126. The molecule has 1 amide bonds. The van der Waals surface area contributed by atoms with Crippen LogP contribution in [0.15, 0.2) is 30.3 Å². The van der Waals surface area contributed by atoms with Crippen molar-refractivity contribution in [3.8, 4) is 0 Å². The van der Waals surface area contributed by atoms with E-state index in [1.54, 1.807) is 4.90 Å². The molecule has 0 saturated carbocycles. The Balaban J connectivity index is 1.50. The van der Waals surface area contributed by atoms with Crippen molar-refractivity contribution in [2.45, 2.75) is 37.7 Å². The normalized spacial score (nSPS) is 25.1. The summed E-state index contributed by atoms with van der Waals surface area (Å²) >= 11 is 0. The van der Waals surface area contributed by atoms with Gasteiger partial charge in [-0.15, -0.1) is 0 Å². The summed E-state index contributed by atoms with van der Waals surface area (Å²) in [6.45, 7) is 4.45. The standard InChI is InChI=1S/C20H30N2O3/c23-19(10-6-9-18-7-2-1-3-8-18)22-13-14-25-17-20(24,16-22)15-21-11-4-5-12-21/h1-3,7-8,24H,4-6,9-17H2/t20-/m1/s1. The van der Waals surface area contributed by atoms with Crippen LogP contribution in [-0.2, 0) is 16.0 Å². The lowest BCUT2D eigenvalue weighted by Gasteiger charge is -2.34. The molecule has 2 fully saturated rings. The lowest BCUT2D eigenvalue weighted by Crippen LogP contribution is -2.53.